The number of alkyl halides is 3. The second-order valence-corrected chi connectivity index (χ2v) is 10.8. The van der Waals surface area contributed by atoms with Gasteiger partial charge in [-0.05, 0) is 59.6 Å². The number of fused-ring (bicyclic) bond motifs is 1. The van der Waals surface area contributed by atoms with Crippen LogP contribution in [0.15, 0.2) is 97.1 Å². The molecule has 5 rings (SSSR count). The quantitative estimate of drug-likeness (QED) is 0.129. The lowest BCUT2D eigenvalue weighted by atomic mass is 9.98. The highest BCUT2D eigenvalue weighted by Gasteiger charge is 2.30. The molecule has 0 aliphatic heterocycles. The largest absolute Gasteiger partial charge is 0.416 e. The van der Waals surface area contributed by atoms with Crippen LogP contribution in [-0.4, -0.2) is 34.3 Å². The van der Waals surface area contributed by atoms with Gasteiger partial charge in [0.2, 0.25) is 0 Å². The molecule has 0 spiro atoms. The van der Waals surface area contributed by atoms with Gasteiger partial charge in [0.1, 0.15) is 11.9 Å². The van der Waals surface area contributed by atoms with Gasteiger partial charge in [-0.15, -0.1) is 0 Å². The van der Waals surface area contributed by atoms with Crippen molar-refractivity contribution in [3.05, 3.63) is 124 Å². The SMILES string of the molecule is CCNC(O)C(NC(=O)c1c(Cl)c2cc(NC(=O)c3ccccc3-c3ccc(C(F)(F)F)cc3)ccc2n1C)c1ccccc1. The molecular formula is C34H30ClF3N4O3. The van der Waals surface area contributed by atoms with Crippen LogP contribution in [0.5, 0.6) is 0 Å². The molecule has 5 aromatic rings. The van der Waals surface area contributed by atoms with Crippen molar-refractivity contribution in [2.24, 2.45) is 7.05 Å². The van der Waals surface area contributed by atoms with Gasteiger partial charge in [0, 0.05) is 23.7 Å². The lowest BCUT2D eigenvalue weighted by molar-refractivity contribution is -0.137. The maximum absolute atomic E-state index is 13.6. The molecule has 0 fully saturated rings. The zero-order valence-electron chi connectivity index (χ0n) is 24.3. The van der Waals surface area contributed by atoms with Gasteiger partial charge < -0.3 is 20.3 Å². The van der Waals surface area contributed by atoms with E-state index in [1.54, 1.807) is 66.2 Å². The molecule has 2 atom stereocenters. The average Bonchev–Trinajstić information content (AvgIpc) is 3.28. The molecule has 45 heavy (non-hydrogen) atoms. The number of anilines is 1. The van der Waals surface area contributed by atoms with Crippen LogP contribution in [0.4, 0.5) is 18.9 Å². The van der Waals surface area contributed by atoms with E-state index < -0.39 is 35.8 Å². The topological polar surface area (TPSA) is 95.4 Å². The van der Waals surface area contributed by atoms with E-state index in [1.165, 1.54) is 12.1 Å². The van der Waals surface area contributed by atoms with Gasteiger partial charge in [0.15, 0.2) is 0 Å². The molecule has 232 valence electrons. The monoisotopic (exact) mass is 634 g/mol. The van der Waals surface area contributed by atoms with Crippen molar-refractivity contribution in [3.8, 4) is 11.1 Å². The Bertz CT molecular complexity index is 1840. The van der Waals surface area contributed by atoms with E-state index in [0.29, 0.717) is 39.8 Å². The number of halogens is 4. The van der Waals surface area contributed by atoms with E-state index >= 15 is 0 Å². The highest BCUT2D eigenvalue weighted by Crippen LogP contribution is 2.34. The maximum atomic E-state index is 13.6. The normalized spacial score (nSPS) is 13.0. The molecule has 2 amide bonds. The maximum Gasteiger partial charge on any atom is 0.416 e. The van der Waals surface area contributed by atoms with Gasteiger partial charge in [-0.25, -0.2) is 0 Å². The van der Waals surface area contributed by atoms with Crippen LogP contribution in [0.1, 0.15) is 44.9 Å². The number of hydrogen-bond donors (Lipinski definition) is 4. The van der Waals surface area contributed by atoms with E-state index in [4.69, 9.17) is 11.6 Å². The first-order valence-electron chi connectivity index (χ1n) is 14.1. The fraction of sp³-hybridized carbons (Fsp3) is 0.176. The van der Waals surface area contributed by atoms with E-state index in [2.05, 4.69) is 16.0 Å². The van der Waals surface area contributed by atoms with Gasteiger partial charge >= 0.3 is 6.18 Å². The number of hydrogen-bond acceptors (Lipinski definition) is 4. The predicted molar refractivity (Wildman–Crippen MR) is 169 cm³/mol. The fourth-order valence-electron chi connectivity index (χ4n) is 5.24. The molecule has 1 heterocycles. The van der Waals surface area contributed by atoms with Gasteiger partial charge in [0.05, 0.1) is 22.1 Å². The van der Waals surface area contributed by atoms with Crippen LogP contribution in [0, 0.1) is 0 Å². The van der Waals surface area contributed by atoms with Crippen LogP contribution in [-0.2, 0) is 13.2 Å². The first kappa shape index (κ1) is 31.8. The molecule has 0 aliphatic carbocycles. The molecule has 4 N–H and O–H groups in total. The first-order valence-corrected chi connectivity index (χ1v) is 14.5. The average molecular weight is 635 g/mol. The molecule has 1 aromatic heterocycles. The first-order chi connectivity index (χ1) is 21.5. The summed E-state index contributed by atoms with van der Waals surface area (Å²) in [6, 6.07) is 24.6. The summed E-state index contributed by atoms with van der Waals surface area (Å²) in [5, 5.41) is 20.1. The van der Waals surface area contributed by atoms with Gasteiger partial charge in [-0.1, -0.05) is 79.2 Å². The molecule has 0 saturated heterocycles. The number of aliphatic hydroxyl groups excluding tert-OH is 1. The molecule has 0 saturated carbocycles. The Labute approximate surface area is 262 Å². The third kappa shape index (κ3) is 6.73. The number of aryl methyl sites for hydroxylation is 1. The summed E-state index contributed by atoms with van der Waals surface area (Å²) in [6.45, 7) is 2.33. The fourth-order valence-corrected chi connectivity index (χ4v) is 5.60. The minimum absolute atomic E-state index is 0.163. The summed E-state index contributed by atoms with van der Waals surface area (Å²) in [7, 11) is 1.69. The number of aromatic nitrogens is 1. The third-order valence-corrected chi connectivity index (χ3v) is 7.86. The second-order valence-electron chi connectivity index (χ2n) is 10.4. The number of carbonyl (C=O) groups is 2. The Balaban J connectivity index is 1.41. The lowest BCUT2D eigenvalue weighted by Gasteiger charge is -2.25. The minimum Gasteiger partial charge on any atom is -0.376 e. The summed E-state index contributed by atoms with van der Waals surface area (Å²) < 4.78 is 40.8. The van der Waals surface area contributed by atoms with Crippen molar-refractivity contribution in [1.82, 2.24) is 15.2 Å². The summed E-state index contributed by atoms with van der Waals surface area (Å²) in [6.07, 6.45) is -5.52. The van der Waals surface area contributed by atoms with E-state index in [9.17, 15) is 27.9 Å². The number of benzene rings is 4. The zero-order valence-corrected chi connectivity index (χ0v) is 25.1. The number of nitrogens with one attached hydrogen (secondary N) is 3. The Morgan fingerprint density at radius 1 is 0.911 bits per heavy atom. The molecule has 0 aliphatic rings. The summed E-state index contributed by atoms with van der Waals surface area (Å²) in [4.78, 5) is 26.9. The standard InChI is InChI=1S/C34H30ClF3N4O3/c1-3-39-32(44)29(21-9-5-4-6-10-21)41-33(45)30-28(35)26-19-23(17-18-27(26)42(30)2)40-31(43)25-12-8-7-11-24(25)20-13-15-22(16-14-20)34(36,37)38/h4-19,29,32,39,44H,3H2,1-2H3,(H,40,43)(H,41,45). The zero-order chi connectivity index (χ0) is 32.3. The van der Waals surface area contributed by atoms with Crippen LogP contribution >= 0.6 is 11.6 Å². The molecular weight excluding hydrogens is 605 g/mol. The Hall–Kier alpha value is -4.64. The highest BCUT2D eigenvalue weighted by molar-refractivity contribution is 6.39. The van der Waals surface area contributed by atoms with Crippen molar-refractivity contribution < 1.29 is 27.9 Å². The second kappa shape index (κ2) is 13.2. The number of nitrogens with zero attached hydrogens (tertiary/aromatic N) is 1. The van der Waals surface area contributed by atoms with E-state index in [1.807, 2.05) is 25.1 Å². The smallest absolute Gasteiger partial charge is 0.376 e. The summed E-state index contributed by atoms with van der Waals surface area (Å²) >= 11 is 6.75. The molecule has 0 radical (unpaired) electrons. The van der Waals surface area contributed by atoms with E-state index in [-0.39, 0.29) is 16.3 Å². The van der Waals surface area contributed by atoms with Crippen molar-refractivity contribution in [2.75, 3.05) is 11.9 Å². The van der Waals surface area contributed by atoms with Crippen LogP contribution in [0.2, 0.25) is 5.02 Å². The van der Waals surface area contributed by atoms with Crippen LogP contribution < -0.4 is 16.0 Å². The van der Waals surface area contributed by atoms with Crippen LogP contribution in [0.25, 0.3) is 22.0 Å². The van der Waals surface area contributed by atoms with Gasteiger partial charge in [-0.2, -0.15) is 13.2 Å². The highest BCUT2D eigenvalue weighted by atomic mass is 35.5. The Morgan fingerprint density at radius 2 is 1.58 bits per heavy atom. The van der Waals surface area contributed by atoms with Crippen molar-refractivity contribution >= 4 is 40.0 Å². The van der Waals surface area contributed by atoms with Crippen molar-refractivity contribution in [1.29, 1.82) is 0 Å². The number of amides is 2. The van der Waals surface area contributed by atoms with Crippen molar-refractivity contribution in [3.63, 3.8) is 0 Å². The Morgan fingerprint density at radius 3 is 2.24 bits per heavy atom. The molecule has 4 aromatic carbocycles. The van der Waals surface area contributed by atoms with Gasteiger partial charge in [0.25, 0.3) is 11.8 Å². The van der Waals surface area contributed by atoms with Crippen LogP contribution in [0.3, 0.4) is 0 Å². The molecule has 7 nitrogen and oxygen atoms in total. The Kier molecular flexibility index (Phi) is 9.29. The van der Waals surface area contributed by atoms with Crippen molar-refractivity contribution in [2.45, 2.75) is 25.4 Å². The minimum atomic E-state index is -4.47. The summed E-state index contributed by atoms with van der Waals surface area (Å²) in [5.41, 5.74) is 2.33. The lowest BCUT2D eigenvalue weighted by Crippen LogP contribution is -2.44. The predicted octanol–water partition coefficient (Wildman–Crippen LogP) is 7.17. The number of aliphatic hydroxyl groups is 1. The molecule has 11 heteroatoms. The molecule has 2 unspecified atom stereocenters. The van der Waals surface area contributed by atoms with Gasteiger partial charge in [-0.3, -0.25) is 14.9 Å². The third-order valence-electron chi connectivity index (χ3n) is 7.48. The number of carbonyl (C=O) groups excluding carboxylic acids is 2. The summed E-state index contributed by atoms with van der Waals surface area (Å²) in [5.74, 6) is -0.974. The molecule has 0 bridgehead atoms. The number of likely N-dealkylation sites (N-methyl/N-ethyl adjacent to an activating group) is 1. The van der Waals surface area contributed by atoms with E-state index in [0.717, 1.165) is 12.1 Å². The number of rotatable bonds is 9.